The highest BCUT2D eigenvalue weighted by Gasteiger charge is 2.19. The molecule has 2 aromatic rings. The van der Waals surface area contributed by atoms with Crippen LogP contribution in [0.4, 0.5) is 0 Å². The molecule has 0 aromatic carbocycles. The van der Waals surface area contributed by atoms with Gasteiger partial charge in [-0.3, -0.25) is 0 Å². The number of hydrogen-bond acceptors (Lipinski definition) is 5. The highest BCUT2D eigenvalue weighted by molar-refractivity contribution is 7.20. The Morgan fingerprint density at radius 2 is 2.18 bits per heavy atom. The van der Waals surface area contributed by atoms with Crippen molar-refractivity contribution in [3.8, 4) is 0 Å². The number of hydrogen-bond donors (Lipinski definition) is 0. The second-order valence-electron chi connectivity index (χ2n) is 3.29. The summed E-state index contributed by atoms with van der Waals surface area (Å²) in [5, 5.41) is 1.00. The van der Waals surface area contributed by atoms with Crippen molar-refractivity contribution in [3.05, 3.63) is 21.4 Å². The van der Waals surface area contributed by atoms with Gasteiger partial charge < -0.3 is 4.74 Å². The molecule has 0 fully saturated rings. The van der Waals surface area contributed by atoms with Gasteiger partial charge >= 0.3 is 5.97 Å². The maximum atomic E-state index is 11.5. The number of ether oxygens (including phenoxy) is 1. The second kappa shape index (κ2) is 4.76. The fourth-order valence-corrected chi connectivity index (χ4v) is 3.10. The first-order chi connectivity index (χ1) is 8.08. The van der Waals surface area contributed by atoms with Gasteiger partial charge in [-0.15, -0.1) is 22.9 Å². The van der Waals surface area contributed by atoms with Crippen LogP contribution in [0, 0.1) is 6.92 Å². The van der Waals surface area contributed by atoms with E-state index in [0.29, 0.717) is 26.1 Å². The smallest absolute Gasteiger partial charge is 0.348 e. The molecule has 0 atom stereocenters. The van der Waals surface area contributed by atoms with E-state index in [1.807, 2.05) is 0 Å². The van der Waals surface area contributed by atoms with Gasteiger partial charge in [-0.25, -0.2) is 14.8 Å². The van der Waals surface area contributed by atoms with Crippen molar-refractivity contribution < 1.29 is 9.53 Å². The third-order valence-electron chi connectivity index (χ3n) is 2.28. The SMILES string of the molecule is COC(=O)c1sc2nc(CCl)nc(Cl)c2c1C. The molecule has 0 aliphatic carbocycles. The molecule has 2 heterocycles. The molecule has 7 heteroatoms. The Kier molecular flexibility index (Phi) is 3.51. The number of fused-ring (bicyclic) bond motifs is 1. The molecule has 0 saturated heterocycles. The largest absolute Gasteiger partial charge is 0.465 e. The van der Waals surface area contributed by atoms with Crippen molar-refractivity contribution in [2.24, 2.45) is 0 Å². The number of carbonyl (C=O) groups excluding carboxylic acids is 1. The molecule has 0 N–H and O–H groups in total. The summed E-state index contributed by atoms with van der Waals surface area (Å²) in [5.74, 6) is 0.232. The predicted molar refractivity (Wildman–Crippen MR) is 68.1 cm³/mol. The topological polar surface area (TPSA) is 52.1 Å². The number of methoxy groups -OCH3 is 1. The van der Waals surface area contributed by atoms with Crippen molar-refractivity contribution in [1.29, 1.82) is 0 Å². The molecule has 2 aromatic heterocycles. The monoisotopic (exact) mass is 290 g/mol. The lowest BCUT2D eigenvalue weighted by Crippen LogP contribution is -1.99. The lowest BCUT2D eigenvalue weighted by atomic mass is 10.2. The summed E-state index contributed by atoms with van der Waals surface area (Å²) in [6.45, 7) is 1.79. The molecule has 0 bridgehead atoms. The first-order valence-electron chi connectivity index (χ1n) is 4.68. The van der Waals surface area contributed by atoms with Crippen LogP contribution in [-0.2, 0) is 10.6 Å². The maximum Gasteiger partial charge on any atom is 0.348 e. The Bertz CT molecular complexity index is 597. The Labute approximate surface area is 112 Å². The standard InChI is InChI=1S/C10H8Cl2N2O2S/c1-4-6-8(12)13-5(3-11)14-9(6)17-7(4)10(15)16-2/h3H2,1-2H3. The van der Waals surface area contributed by atoms with Gasteiger partial charge in [0.1, 0.15) is 20.7 Å². The third kappa shape index (κ3) is 2.10. The van der Waals surface area contributed by atoms with E-state index in [1.165, 1.54) is 18.4 Å². The first kappa shape index (κ1) is 12.5. The molecule has 17 heavy (non-hydrogen) atoms. The molecule has 0 unspecified atom stereocenters. The van der Waals surface area contributed by atoms with Gasteiger partial charge in [-0.1, -0.05) is 11.6 Å². The van der Waals surface area contributed by atoms with Gasteiger partial charge in [0.2, 0.25) is 0 Å². The number of halogens is 2. The van der Waals surface area contributed by atoms with E-state index in [4.69, 9.17) is 27.9 Å². The summed E-state index contributed by atoms with van der Waals surface area (Å²) >= 11 is 12.9. The highest BCUT2D eigenvalue weighted by atomic mass is 35.5. The van der Waals surface area contributed by atoms with E-state index in [-0.39, 0.29) is 5.88 Å². The molecule has 90 valence electrons. The number of aryl methyl sites for hydroxylation is 1. The van der Waals surface area contributed by atoms with Gasteiger partial charge in [-0.2, -0.15) is 0 Å². The van der Waals surface area contributed by atoms with Gasteiger partial charge in [0.15, 0.2) is 0 Å². The Morgan fingerprint density at radius 3 is 2.76 bits per heavy atom. The Morgan fingerprint density at radius 1 is 1.47 bits per heavy atom. The first-order valence-corrected chi connectivity index (χ1v) is 6.41. The molecule has 0 radical (unpaired) electrons. The number of alkyl halides is 1. The van der Waals surface area contributed by atoms with E-state index in [9.17, 15) is 4.79 Å². The fraction of sp³-hybridized carbons (Fsp3) is 0.300. The van der Waals surface area contributed by atoms with E-state index in [1.54, 1.807) is 6.92 Å². The highest BCUT2D eigenvalue weighted by Crippen LogP contribution is 2.34. The minimum Gasteiger partial charge on any atom is -0.465 e. The summed E-state index contributed by atoms with van der Waals surface area (Å²) in [6, 6.07) is 0. The average molecular weight is 291 g/mol. The summed E-state index contributed by atoms with van der Waals surface area (Å²) in [7, 11) is 1.34. The van der Waals surface area contributed by atoms with Gasteiger partial charge in [0.25, 0.3) is 0 Å². The molecule has 0 spiro atoms. The number of esters is 1. The number of carbonyl (C=O) groups is 1. The van der Waals surface area contributed by atoms with Crippen LogP contribution in [0.5, 0.6) is 0 Å². The van der Waals surface area contributed by atoms with Crippen LogP contribution in [0.25, 0.3) is 10.2 Å². The average Bonchev–Trinajstić information content (AvgIpc) is 2.66. The summed E-state index contributed by atoms with van der Waals surface area (Å²) in [4.78, 5) is 21.0. The van der Waals surface area contributed by atoms with Crippen molar-refractivity contribution in [2.75, 3.05) is 7.11 Å². The Hall–Kier alpha value is -0.910. The zero-order chi connectivity index (χ0) is 12.6. The quantitative estimate of drug-likeness (QED) is 0.484. The summed E-state index contributed by atoms with van der Waals surface area (Å²) in [5.41, 5.74) is 0.739. The van der Waals surface area contributed by atoms with E-state index >= 15 is 0 Å². The van der Waals surface area contributed by atoms with Crippen LogP contribution in [-0.4, -0.2) is 23.0 Å². The maximum absolute atomic E-state index is 11.5. The van der Waals surface area contributed by atoms with Crippen LogP contribution in [0.1, 0.15) is 21.1 Å². The zero-order valence-electron chi connectivity index (χ0n) is 9.08. The summed E-state index contributed by atoms with van der Waals surface area (Å²) in [6.07, 6.45) is 0. The third-order valence-corrected chi connectivity index (χ3v) is 3.96. The van der Waals surface area contributed by atoms with Crippen LogP contribution in [0.3, 0.4) is 0 Å². The molecule has 0 saturated carbocycles. The molecule has 4 nitrogen and oxygen atoms in total. The lowest BCUT2D eigenvalue weighted by molar-refractivity contribution is 0.0605. The fourth-order valence-electron chi connectivity index (χ4n) is 1.48. The summed E-state index contributed by atoms with van der Waals surface area (Å²) < 4.78 is 4.70. The van der Waals surface area contributed by atoms with Crippen molar-refractivity contribution >= 4 is 50.7 Å². The minimum absolute atomic E-state index is 0.181. The molecule has 0 aliphatic rings. The van der Waals surface area contributed by atoms with Crippen LogP contribution in [0.15, 0.2) is 0 Å². The molecule has 2 rings (SSSR count). The lowest BCUT2D eigenvalue weighted by Gasteiger charge is -1.98. The van der Waals surface area contributed by atoms with E-state index < -0.39 is 5.97 Å². The number of aromatic nitrogens is 2. The number of nitrogens with zero attached hydrogens (tertiary/aromatic N) is 2. The number of thiophene rings is 1. The van der Waals surface area contributed by atoms with Crippen molar-refractivity contribution in [2.45, 2.75) is 12.8 Å². The molecule has 0 amide bonds. The predicted octanol–water partition coefficient (Wildman–Crippen LogP) is 3.18. The van der Waals surface area contributed by atoms with Crippen LogP contribution in [0.2, 0.25) is 5.15 Å². The van der Waals surface area contributed by atoms with Crippen molar-refractivity contribution in [3.63, 3.8) is 0 Å². The minimum atomic E-state index is -0.394. The van der Waals surface area contributed by atoms with Gasteiger partial charge in [0.05, 0.1) is 18.4 Å². The van der Waals surface area contributed by atoms with E-state index in [0.717, 1.165) is 5.56 Å². The normalized spacial score (nSPS) is 10.8. The number of rotatable bonds is 2. The van der Waals surface area contributed by atoms with E-state index in [2.05, 4.69) is 9.97 Å². The van der Waals surface area contributed by atoms with Gasteiger partial charge in [-0.05, 0) is 12.5 Å². The second-order valence-corrected chi connectivity index (χ2v) is 4.92. The van der Waals surface area contributed by atoms with Crippen LogP contribution >= 0.6 is 34.5 Å². The van der Waals surface area contributed by atoms with Gasteiger partial charge in [0, 0.05) is 0 Å². The molecular weight excluding hydrogens is 283 g/mol. The Balaban J connectivity index is 2.73. The van der Waals surface area contributed by atoms with Crippen LogP contribution < -0.4 is 0 Å². The van der Waals surface area contributed by atoms with Crippen molar-refractivity contribution in [1.82, 2.24) is 9.97 Å². The molecule has 0 aliphatic heterocycles. The molecular formula is C10H8Cl2N2O2S. The zero-order valence-corrected chi connectivity index (χ0v) is 11.4.